The number of anilines is 1. The number of fused-ring (bicyclic) bond motifs is 1. The maximum atomic E-state index is 13.7. The van der Waals surface area contributed by atoms with Gasteiger partial charge in [-0.25, -0.2) is 9.37 Å². The normalized spacial score (nSPS) is 11.3. The van der Waals surface area contributed by atoms with Crippen molar-refractivity contribution in [2.45, 2.75) is 45.0 Å². The minimum Gasteiger partial charge on any atom is -0.379 e. The number of amides is 1. The molecule has 1 heterocycles. The van der Waals surface area contributed by atoms with Crippen LogP contribution in [0.2, 0.25) is 5.02 Å². The first kappa shape index (κ1) is 24.2. The number of carbonyl (C=O) groups is 1. The van der Waals surface area contributed by atoms with Crippen LogP contribution in [0.15, 0.2) is 46.3 Å². The van der Waals surface area contributed by atoms with Gasteiger partial charge in [0, 0.05) is 23.9 Å². The van der Waals surface area contributed by atoms with Crippen molar-refractivity contribution in [3.63, 3.8) is 0 Å². The number of nitrogens with one attached hydrogen (secondary N) is 1. The number of hydrogen-bond acceptors (Lipinski definition) is 5. The Morgan fingerprint density at radius 2 is 2.06 bits per heavy atom. The second-order valence-corrected chi connectivity index (χ2v) is 8.97. The summed E-state index contributed by atoms with van der Waals surface area (Å²) in [7, 11) is 0. The molecule has 0 saturated carbocycles. The van der Waals surface area contributed by atoms with Crippen LogP contribution in [0.4, 0.5) is 10.1 Å². The molecule has 0 unspecified atom stereocenters. The molecule has 0 aliphatic carbocycles. The van der Waals surface area contributed by atoms with E-state index in [0.29, 0.717) is 51.9 Å². The molecule has 2 aromatic carbocycles. The van der Waals surface area contributed by atoms with Gasteiger partial charge in [0.05, 0.1) is 22.8 Å². The van der Waals surface area contributed by atoms with Gasteiger partial charge in [-0.3, -0.25) is 14.2 Å². The number of carbonyl (C=O) groups excluding carboxylic acids is 1. The van der Waals surface area contributed by atoms with Crippen LogP contribution < -0.4 is 10.9 Å². The van der Waals surface area contributed by atoms with E-state index >= 15 is 0 Å². The number of rotatable bonds is 9. The highest BCUT2D eigenvalue weighted by molar-refractivity contribution is 7.99. The molecule has 0 bridgehead atoms. The number of thioether (sulfide) groups is 1. The molecule has 0 aliphatic heterocycles. The van der Waals surface area contributed by atoms with Crippen LogP contribution in [-0.4, -0.2) is 33.9 Å². The summed E-state index contributed by atoms with van der Waals surface area (Å²) in [4.78, 5) is 30.1. The first-order valence-electron chi connectivity index (χ1n) is 10.2. The molecule has 9 heteroatoms. The minimum atomic E-state index is -0.388. The van der Waals surface area contributed by atoms with Gasteiger partial charge in [0.2, 0.25) is 5.91 Å². The molecule has 1 N–H and O–H groups in total. The number of halogens is 2. The number of ether oxygens (including phenoxy) is 1. The molecular weight excluding hydrogens is 453 g/mol. The average molecular weight is 478 g/mol. The van der Waals surface area contributed by atoms with E-state index < -0.39 is 0 Å². The van der Waals surface area contributed by atoms with Crippen molar-refractivity contribution >= 4 is 45.9 Å². The summed E-state index contributed by atoms with van der Waals surface area (Å²) < 4.78 is 20.9. The van der Waals surface area contributed by atoms with Gasteiger partial charge in [-0.15, -0.1) is 0 Å². The van der Waals surface area contributed by atoms with Crippen LogP contribution in [0.3, 0.4) is 0 Å². The van der Waals surface area contributed by atoms with Crippen molar-refractivity contribution < 1.29 is 13.9 Å². The Hall–Kier alpha value is -2.42. The largest absolute Gasteiger partial charge is 0.379 e. The highest BCUT2D eigenvalue weighted by Gasteiger charge is 2.14. The summed E-state index contributed by atoms with van der Waals surface area (Å²) in [5, 5.41) is 4.02. The quantitative estimate of drug-likeness (QED) is 0.265. The second-order valence-electron chi connectivity index (χ2n) is 7.59. The van der Waals surface area contributed by atoms with Gasteiger partial charge in [0.25, 0.3) is 5.56 Å². The Bertz CT molecular complexity index is 1180. The van der Waals surface area contributed by atoms with E-state index in [1.165, 1.54) is 6.07 Å². The topological polar surface area (TPSA) is 73.2 Å². The molecule has 0 spiro atoms. The lowest BCUT2D eigenvalue weighted by Gasteiger charge is -2.14. The van der Waals surface area contributed by atoms with Crippen molar-refractivity contribution in [1.29, 1.82) is 0 Å². The Kier molecular flexibility index (Phi) is 8.28. The SMILES string of the molecule is Cc1ccc(NC(=O)CSc2nc3cc(Cl)ccc3c(=O)n2CCCOC(C)C)cc1F. The number of aryl methyl sites for hydroxylation is 1. The Morgan fingerprint density at radius 1 is 1.28 bits per heavy atom. The molecule has 0 fully saturated rings. The van der Waals surface area contributed by atoms with Crippen LogP contribution in [0.1, 0.15) is 25.8 Å². The van der Waals surface area contributed by atoms with Crippen LogP contribution in [0.5, 0.6) is 0 Å². The standard InChI is InChI=1S/C23H25ClFN3O3S/c1-14(2)31-10-4-9-28-22(30)18-8-6-16(24)11-20(18)27-23(28)32-13-21(29)26-17-7-5-15(3)19(25)12-17/h5-8,11-12,14H,4,9-10,13H2,1-3H3,(H,26,29). The zero-order valence-electron chi connectivity index (χ0n) is 18.2. The van der Waals surface area contributed by atoms with E-state index in [4.69, 9.17) is 16.3 Å². The van der Waals surface area contributed by atoms with Gasteiger partial charge in [-0.05, 0) is 63.1 Å². The molecule has 0 radical (unpaired) electrons. The lowest BCUT2D eigenvalue weighted by Crippen LogP contribution is -2.25. The smallest absolute Gasteiger partial charge is 0.262 e. The van der Waals surface area contributed by atoms with E-state index in [9.17, 15) is 14.0 Å². The monoisotopic (exact) mass is 477 g/mol. The third-order valence-corrected chi connectivity index (χ3v) is 5.86. The summed E-state index contributed by atoms with van der Waals surface area (Å²) in [5.41, 5.74) is 1.16. The summed E-state index contributed by atoms with van der Waals surface area (Å²) >= 11 is 7.21. The van der Waals surface area contributed by atoms with E-state index in [0.717, 1.165) is 11.8 Å². The first-order chi connectivity index (χ1) is 15.2. The van der Waals surface area contributed by atoms with Gasteiger partial charge in [0.15, 0.2) is 5.16 Å². The summed E-state index contributed by atoms with van der Waals surface area (Å²) in [6, 6.07) is 9.45. The van der Waals surface area contributed by atoms with Crippen LogP contribution in [0, 0.1) is 12.7 Å². The Morgan fingerprint density at radius 3 is 2.78 bits per heavy atom. The van der Waals surface area contributed by atoms with Crippen molar-refractivity contribution in [2.24, 2.45) is 0 Å². The van der Waals surface area contributed by atoms with Gasteiger partial charge in [0.1, 0.15) is 5.82 Å². The molecule has 32 heavy (non-hydrogen) atoms. The maximum Gasteiger partial charge on any atom is 0.262 e. The van der Waals surface area contributed by atoms with Crippen molar-refractivity contribution in [1.82, 2.24) is 9.55 Å². The predicted molar refractivity (Wildman–Crippen MR) is 127 cm³/mol. The number of nitrogens with zero attached hydrogens (tertiary/aromatic N) is 2. The van der Waals surface area contributed by atoms with Gasteiger partial charge in [-0.1, -0.05) is 29.4 Å². The molecule has 0 aliphatic rings. The Balaban J connectivity index is 1.79. The molecular formula is C23H25ClFN3O3S. The molecule has 3 rings (SSSR count). The average Bonchev–Trinajstić information content (AvgIpc) is 2.73. The lowest BCUT2D eigenvalue weighted by atomic mass is 10.2. The zero-order chi connectivity index (χ0) is 23.3. The van der Waals surface area contributed by atoms with Gasteiger partial charge >= 0.3 is 0 Å². The van der Waals surface area contributed by atoms with E-state index in [1.807, 2.05) is 13.8 Å². The fraction of sp³-hybridized carbons (Fsp3) is 0.348. The molecule has 0 saturated heterocycles. The highest BCUT2D eigenvalue weighted by atomic mass is 35.5. The van der Waals surface area contributed by atoms with Crippen LogP contribution in [-0.2, 0) is 16.1 Å². The molecule has 1 aromatic heterocycles. The van der Waals surface area contributed by atoms with Crippen molar-refractivity contribution in [3.8, 4) is 0 Å². The summed E-state index contributed by atoms with van der Waals surface area (Å²) in [6.07, 6.45) is 0.731. The van der Waals surface area contributed by atoms with Crippen LogP contribution in [0.25, 0.3) is 10.9 Å². The maximum absolute atomic E-state index is 13.7. The highest BCUT2D eigenvalue weighted by Crippen LogP contribution is 2.21. The molecule has 6 nitrogen and oxygen atoms in total. The Labute approximate surface area is 195 Å². The molecule has 1 amide bonds. The van der Waals surface area contributed by atoms with E-state index in [1.54, 1.807) is 41.8 Å². The number of aromatic nitrogens is 2. The van der Waals surface area contributed by atoms with Gasteiger partial charge in [-0.2, -0.15) is 0 Å². The third-order valence-electron chi connectivity index (χ3n) is 4.65. The first-order valence-corrected chi connectivity index (χ1v) is 11.6. The summed E-state index contributed by atoms with van der Waals surface area (Å²) in [6.45, 7) is 6.47. The second kappa shape index (κ2) is 10.9. The minimum absolute atomic E-state index is 0.0104. The van der Waals surface area contributed by atoms with Crippen molar-refractivity contribution in [3.05, 3.63) is 63.2 Å². The number of hydrogen-bond donors (Lipinski definition) is 1. The van der Waals surface area contributed by atoms with E-state index in [2.05, 4.69) is 10.3 Å². The number of benzene rings is 2. The molecule has 3 aromatic rings. The predicted octanol–water partition coefficient (Wildman–Crippen LogP) is 5.04. The third kappa shape index (κ3) is 6.31. The fourth-order valence-electron chi connectivity index (χ4n) is 3.02. The summed E-state index contributed by atoms with van der Waals surface area (Å²) in [5.74, 6) is -0.703. The van der Waals surface area contributed by atoms with Crippen molar-refractivity contribution in [2.75, 3.05) is 17.7 Å². The fourth-order valence-corrected chi connectivity index (χ4v) is 4.01. The van der Waals surface area contributed by atoms with E-state index in [-0.39, 0.29) is 29.1 Å². The van der Waals surface area contributed by atoms with Crippen LogP contribution >= 0.6 is 23.4 Å². The molecule has 170 valence electrons. The zero-order valence-corrected chi connectivity index (χ0v) is 19.7. The lowest BCUT2D eigenvalue weighted by molar-refractivity contribution is -0.113. The van der Waals surface area contributed by atoms with Gasteiger partial charge < -0.3 is 10.1 Å². The molecule has 0 atom stereocenters.